The molecule has 0 saturated heterocycles. The van der Waals surface area contributed by atoms with Crippen LogP contribution in [0.4, 0.5) is 5.69 Å². The number of anilines is 1. The summed E-state index contributed by atoms with van der Waals surface area (Å²) in [6.07, 6.45) is 2.77. The van der Waals surface area contributed by atoms with Gasteiger partial charge in [0.05, 0.1) is 18.8 Å². The number of hydrogen-bond acceptors (Lipinski definition) is 7. The molecule has 0 atom stereocenters. The number of ether oxygens (including phenoxy) is 1. The zero-order valence-electron chi connectivity index (χ0n) is 20.9. The molecule has 0 fully saturated rings. The molecule has 0 unspecified atom stereocenters. The van der Waals surface area contributed by atoms with Crippen LogP contribution in [0.15, 0.2) is 64.0 Å². The Kier molecular flexibility index (Phi) is 8.45. The molecular weight excluding hydrogens is 492 g/mol. The number of carbonyl (C=O) groups is 2. The molecule has 1 aliphatic heterocycles. The van der Waals surface area contributed by atoms with E-state index in [0.29, 0.717) is 30.0 Å². The number of allylic oxidation sites excluding steroid dienone is 1. The molecule has 1 aliphatic rings. The largest absolute Gasteiger partial charge is 0.494 e. The second kappa shape index (κ2) is 11.7. The van der Waals surface area contributed by atoms with Crippen LogP contribution in [-0.2, 0) is 11.3 Å². The fourth-order valence-electron chi connectivity index (χ4n) is 3.53. The number of fused-ring (bicyclic) bond motifs is 1. The van der Waals surface area contributed by atoms with Crippen LogP contribution in [0.2, 0.25) is 0 Å². The number of aromatic nitrogens is 1. The number of rotatable bonds is 9. The highest BCUT2D eigenvalue weighted by atomic mass is 32.2. The van der Waals surface area contributed by atoms with Crippen molar-refractivity contribution < 1.29 is 14.3 Å². The lowest BCUT2D eigenvalue weighted by Crippen LogP contribution is -2.22. The SMILES string of the molecule is CC1=C(C)C(=O)Nc2cc(C(=O)NCc3cnc(-c4ccc(OCCCN(C)C)cc4)s3)ccc2S1. The van der Waals surface area contributed by atoms with Crippen LogP contribution >= 0.6 is 23.1 Å². The van der Waals surface area contributed by atoms with Crippen molar-refractivity contribution in [2.24, 2.45) is 0 Å². The first-order chi connectivity index (χ1) is 17.3. The Morgan fingerprint density at radius 2 is 1.92 bits per heavy atom. The van der Waals surface area contributed by atoms with Gasteiger partial charge in [-0.25, -0.2) is 4.98 Å². The number of carbonyl (C=O) groups excluding carboxylic acids is 2. The van der Waals surface area contributed by atoms with E-state index in [1.165, 1.54) is 11.8 Å². The third-order valence-electron chi connectivity index (χ3n) is 5.72. The van der Waals surface area contributed by atoms with Crippen LogP contribution in [0, 0.1) is 0 Å². The number of benzene rings is 2. The van der Waals surface area contributed by atoms with Crippen molar-refractivity contribution in [3.05, 3.63) is 69.6 Å². The van der Waals surface area contributed by atoms with E-state index in [1.807, 2.05) is 37.3 Å². The summed E-state index contributed by atoms with van der Waals surface area (Å²) in [6, 6.07) is 13.3. The minimum absolute atomic E-state index is 0.141. The van der Waals surface area contributed by atoms with Gasteiger partial charge in [0.15, 0.2) is 0 Å². The standard InChI is InChI=1S/C27H30N4O3S2/c1-17-18(2)35-24-11-8-20(14-23(24)30-25(17)32)26(33)28-15-22-16-29-27(36-22)19-6-9-21(10-7-19)34-13-5-12-31(3)4/h6-11,14,16H,5,12-13,15H2,1-4H3,(H,28,33)(H,30,32). The summed E-state index contributed by atoms with van der Waals surface area (Å²) in [5, 5.41) is 6.74. The van der Waals surface area contributed by atoms with Crippen molar-refractivity contribution in [1.82, 2.24) is 15.2 Å². The molecule has 4 rings (SSSR count). The van der Waals surface area contributed by atoms with E-state index in [1.54, 1.807) is 36.6 Å². The number of nitrogens with one attached hydrogen (secondary N) is 2. The van der Waals surface area contributed by atoms with E-state index in [9.17, 15) is 9.59 Å². The van der Waals surface area contributed by atoms with Crippen LogP contribution in [0.25, 0.3) is 10.6 Å². The first-order valence-corrected chi connectivity index (χ1v) is 13.3. The van der Waals surface area contributed by atoms with Crippen molar-refractivity contribution in [2.45, 2.75) is 31.7 Å². The molecule has 2 heterocycles. The van der Waals surface area contributed by atoms with Gasteiger partial charge in [-0.1, -0.05) is 11.8 Å². The number of thioether (sulfide) groups is 1. The Bertz CT molecular complexity index is 1280. The molecule has 9 heteroatoms. The monoisotopic (exact) mass is 522 g/mol. The molecule has 0 aliphatic carbocycles. The number of amides is 2. The maximum atomic E-state index is 12.8. The zero-order chi connectivity index (χ0) is 25.7. The number of thiazole rings is 1. The van der Waals surface area contributed by atoms with Gasteiger partial charge in [-0.15, -0.1) is 11.3 Å². The summed E-state index contributed by atoms with van der Waals surface area (Å²) in [7, 11) is 4.10. The van der Waals surface area contributed by atoms with Gasteiger partial charge in [0.25, 0.3) is 11.8 Å². The Morgan fingerprint density at radius 3 is 2.67 bits per heavy atom. The third kappa shape index (κ3) is 6.54. The summed E-state index contributed by atoms with van der Waals surface area (Å²) >= 11 is 3.07. The highest BCUT2D eigenvalue weighted by molar-refractivity contribution is 8.03. The van der Waals surface area contributed by atoms with Gasteiger partial charge in [0.1, 0.15) is 10.8 Å². The number of hydrogen-bond donors (Lipinski definition) is 2. The van der Waals surface area contributed by atoms with Crippen LogP contribution in [0.1, 0.15) is 35.5 Å². The van der Waals surface area contributed by atoms with Crippen LogP contribution in [0.3, 0.4) is 0 Å². The van der Waals surface area contributed by atoms with Gasteiger partial charge in [-0.2, -0.15) is 0 Å². The van der Waals surface area contributed by atoms with Gasteiger partial charge in [0.2, 0.25) is 0 Å². The molecule has 3 aromatic rings. The van der Waals surface area contributed by atoms with Crippen molar-refractivity contribution >= 4 is 40.6 Å². The van der Waals surface area contributed by atoms with Crippen LogP contribution in [-0.4, -0.2) is 48.9 Å². The second-order valence-electron chi connectivity index (χ2n) is 8.79. The van der Waals surface area contributed by atoms with Crippen molar-refractivity contribution in [1.29, 1.82) is 0 Å². The lowest BCUT2D eigenvalue weighted by molar-refractivity contribution is -0.112. The van der Waals surface area contributed by atoms with E-state index >= 15 is 0 Å². The number of nitrogens with zero attached hydrogens (tertiary/aromatic N) is 2. The van der Waals surface area contributed by atoms with Gasteiger partial charge >= 0.3 is 0 Å². The Labute approximate surface area is 220 Å². The lowest BCUT2D eigenvalue weighted by atomic mass is 10.1. The predicted molar refractivity (Wildman–Crippen MR) is 147 cm³/mol. The minimum atomic E-state index is -0.201. The van der Waals surface area contributed by atoms with E-state index in [-0.39, 0.29) is 11.8 Å². The molecule has 0 saturated carbocycles. The van der Waals surface area contributed by atoms with E-state index < -0.39 is 0 Å². The first kappa shape index (κ1) is 25.9. The first-order valence-electron chi connectivity index (χ1n) is 11.7. The Hall–Kier alpha value is -3.14. The lowest BCUT2D eigenvalue weighted by Gasteiger charge is -2.10. The molecule has 7 nitrogen and oxygen atoms in total. The second-order valence-corrected chi connectivity index (χ2v) is 11.2. The summed E-state index contributed by atoms with van der Waals surface area (Å²) in [5.41, 5.74) is 2.85. The minimum Gasteiger partial charge on any atom is -0.494 e. The fourth-order valence-corrected chi connectivity index (χ4v) is 5.32. The van der Waals surface area contributed by atoms with Crippen molar-refractivity contribution in [3.8, 4) is 16.3 Å². The Balaban J connectivity index is 1.33. The predicted octanol–water partition coefficient (Wildman–Crippen LogP) is 5.41. The molecule has 188 valence electrons. The van der Waals surface area contributed by atoms with Crippen LogP contribution < -0.4 is 15.4 Å². The van der Waals surface area contributed by atoms with Crippen LogP contribution in [0.5, 0.6) is 5.75 Å². The fraction of sp³-hybridized carbons (Fsp3) is 0.296. The molecule has 0 bridgehead atoms. The topological polar surface area (TPSA) is 83.6 Å². The molecule has 1 aromatic heterocycles. The molecular formula is C27H30N4O3S2. The summed E-state index contributed by atoms with van der Waals surface area (Å²) < 4.78 is 5.80. The molecule has 0 radical (unpaired) electrons. The summed E-state index contributed by atoms with van der Waals surface area (Å²) in [4.78, 5) is 34.6. The molecule has 36 heavy (non-hydrogen) atoms. The van der Waals surface area contributed by atoms with Gasteiger partial charge in [-0.3, -0.25) is 9.59 Å². The maximum Gasteiger partial charge on any atom is 0.252 e. The summed E-state index contributed by atoms with van der Waals surface area (Å²) in [6.45, 7) is 5.78. The normalized spacial score (nSPS) is 13.3. The molecule has 0 spiro atoms. The highest BCUT2D eigenvalue weighted by Crippen LogP contribution is 2.37. The maximum absolute atomic E-state index is 12.8. The average molecular weight is 523 g/mol. The van der Waals surface area contributed by atoms with E-state index in [0.717, 1.165) is 44.0 Å². The quantitative estimate of drug-likeness (QED) is 0.366. The smallest absolute Gasteiger partial charge is 0.252 e. The summed E-state index contributed by atoms with van der Waals surface area (Å²) in [5.74, 6) is 0.504. The zero-order valence-corrected chi connectivity index (χ0v) is 22.5. The van der Waals surface area contributed by atoms with Crippen molar-refractivity contribution in [3.63, 3.8) is 0 Å². The average Bonchev–Trinajstić information content (AvgIpc) is 3.31. The van der Waals surface area contributed by atoms with E-state index in [4.69, 9.17) is 4.74 Å². The van der Waals surface area contributed by atoms with Gasteiger partial charge in [0, 0.05) is 39.2 Å². The van der Waals surface area contributed by atoms with Gasteiger partial charge in [-0.05, 0) is 81.7 Å². The molecule has 2 amide bonds. The van der Waals surface area contributed by atoms with Gasteiger partial charge < -0.3 is 20.3 Å². The third-order valence-corrected chi connectivity index (χ3v) is 7.95. The Morgan fingerprint density at radius 1 is 1.14 bits per heavy atom. The highest BCUT2D eigenvalue weighted by Gasteiger charge is 2.19. The molecule has 2 aromatic carbocycles. The van der Waals surface area contributed by atoms with E-state index in [2.05, 4.69) is 34.6 Å². The molecule has 2 N–H and O–H groups in total. The van der Waals surface area contributed by atoms with Crippen molar-refractivity contribution in [2.75, 3.05) is 32.6 Å².